The van der Waals surface area contributed by atoms with Crippen molar-refractivity contribution in [3.8, 4) is 0 Å². The summed E-state index contributed by atoms with van der Waals surface area (Å²) in [7, 11) is 1.50. The highest BCUT2D eigenvalue weighted by atomic mass is 79.9. The topological polar surface area (TPSA) is 51.2 Å². The fourth-order valence-corrected chi connectivity index (χ4v) is 2.04. The SMILES string of the molecule is COC(C(=O)Nc1ncccc1Br)c1ccccc1. The van der Waals surface area contributed by atoms with Crippen LogP contribution in [0, 0.1) is 0 Å². The zero-order valence-corrected chi connectivity index (χ0v) is 11.9. The third-order valence-corrected chi connectivity index (χ3v) is 3.22. The molecule has 1 unspecified atom stereocenters. The average Bonchev–Trinajstić information content (AvgIpc) is 2.43. The van der Waals surface area contributed by atoms with Crippen LogP contribution < -0.4 is 5.32 Å². The summed E-state index contributed by atoms with van der Waals surface area (Å²) in [4.78, 5) is 16.3. The van der Waals surface area contributed by atoms with E-state index in [2.05, 4.69) is 26.2 Å². The van der Waals surface area contributed by atoms with E-state index in [9.17, 15) is 4.79 Å². The number of carbonyl (C=O) groups is 1. The number of ether oxygens (including phenoxy) is 1. The summed E-state index contributed by atoms with van der Waals surface area (Å²) in [5, 5.41) is 2.74. The van der Waals surface area contributed by atoms with Gasteiger partial charge in [-0.05, 0) is 33.6 Å². The van der Waals surface area contributed by atoms with Crippen molar-refractivity contribution in [2.45, 2.75) is 6.10 Å². The largest absolute Gasteiger partial charge is 0.367 e. The maximum atomic E-state index is 12.2. The smallest absolute Gasteiger partial charge is 0.259 e. The van der Waals surface area contributed by atoms with Crippen molar-refractivity contribution < 1.29 is 9.53 Å². The molecule has 0 radical (unpaired) electrons. The number of benzene rings is 1. The first-order valence-electron chi connectivity index (χ1n) is 5.71. The Labute approximate surface area is 119 Å². The van der Waals surface area contributed by atoms with Gasteiger partial charge in [-0.25, -0.2) is 4.98 Å². The average molecular weight is 321 g/mol. The molecule has 1 atom stereocenters. The monoisotopic (exact) mass is 320 g/mol. The zero-order valence-electron chi connectivity index (χ0n) is 10.3. The molecule has 0 saturated carbocycles. The number of anilines is 1. The van der Waals surface area contributed by atoms with Gasteiger partial charge in [0.2, 0.25) is 0 Å². The summed E-state index contributed by atoms with van der Waals surface area (Å²) in [5.41, 5.74) is 0.801. The lowest BCUT2D eigenvalue weighted by atomic mass is 10.1. The molecule has 2 aromatic rings. The van der Waals surface area contributed by atoms with Gasteiger partial charge < -0.3 is 10.1 Å². The number of hydrogen-bond acceptors (Lipinski definition) is 3. The van der Waals surface area contributed by atoms with E-state index in [-0.39, 0.29) is 5.91 Å². The van der Waals surface area contributed by atoms with E-state index in [1.807, 2.05) is 36.4 Å². The number of amides is 1. The van der Waals surface area contributed by atoms with Gasteiger partial charge in [-0.2, -0.15) is 0 Å². The molecule has 0 bridgehead atoms. The molecule has 19 heavy (non-hydrogen) atoms. The van der Waals surface area contributed by atoms with E-state index in [4.69, 9.17) is 4.74 Å². The molecule has 0 saturated heterocycles. The van der Waals surface area contributed by atoms with Gasteiger partial charge in [0.25, 0.3) is 5.91 Å². The lowest BCUT2D eigenvalue weighted by molar-refractivity contribution is -0.126. The van der Waals surface area contributed by atoms with Gasteiger partial charge in [0.05, 0.1) is 4.47 Å². The second kappa shape index (κ2) is 6.45. The van der Waals surface area contributed by atoms with Gasteiger partial charge in [-0.1, -0.05) is 30.3 Å². The van der Waals surface area contributed by atoms with Gasteiger partial charge in [-0.15, -0.1) is 0 Å². The Morgan fingerprint density at radius 3 is 2.63 bits per heavy atom. The van der Waals surface area contributed by atoms with Crippen molar-refractivity contribution in [3.05, 3.63) is 58.7 Å². The van der Waals surface area contributed by atoms with E-state index in [0.717, 1.165) is 10.0 Å². The molecule has 0 aliphatic heterocycles. The first-order chi connectivity index (χ1) is 9.22. The van der Waals surface area contributed by atoms with Crippen molar-refractivity contribution in [2.75, 3.05) is 12.4 Å². The van der Waals surface area contributed by atoms with E-state index < -0.39 is 6.10 Å². The van der Waals surface area contributed by atoms with Crippen molar-refractivity contribution in [3.63, 3.8) is 0 Å². The highest BCUT2D eigenvalue weighted by molar-refractivity contribution is 9.10. The summed E-state index contributed by atoms with van der Waals surface area (Å²) < 4.78 is 5.98. The van der Waals surface area contributed by atoms with Gasteiger partial charge in [0, 0.05) is 13.3 Å². The number of nitrogens with zero attached hydrogens (tertiary/aromatic N) is 1. The van der Waals surface area contributed by atoms with Crippen LogP contribution in [0.5, 0.6) is 0 Å². The van der Waals surface area contributed by atoms with Crippen LogP contribution in [0.2, 0.25) is 0 Å². The molecule has 1 N–H and O–H groups in total. The predicted octanol–water partition coefficient (Wildman–Crippen LogP) is 3.17. The molecule has 1 aromatic carbocycles. The Hall–Kier alpha value is -1.72. The molecule has 4 nitrogen and oxygen atoms in total. The van der Waals surface area contributed by atoms with Crippen molar-refractivity contribution in [1.82, 2.24) is 4.98 Å². The van der Waals surface area contributed by atoms with Gasteiger partial charge in [0.1, 0.15) is 5.82 Å². The van der Waals surface area contributed by atoms with E-state index in [0.29, 0.717) is 5.82 Å². The number of nitrogens with one attached hydrogen (secondary N) is 1. The van der Waals surface area contributed by atoms with E-state index >= 15 is 0 Å². The normalized spacial score (nSPS) is 11.9. The molecule has 0 spiro atoms. The molecule has 1 amide bonds. The van der Waals surface area contributed by atoms with Crippen LogP contribution in [-0.4, -0.2) is 18.0 Å². The second-order valence-corrected chi connectivity index (χ2v) is 4.70. The highest BCUT2D eigenvalue weighted by Gasteiger charge is 2.20. The van der Waals surface area contributed by atoms with Crippen molar-refractivity contribution >= 4 is 27.7 Å². The number of rotatable bonds is 4. The van der Waals surface area contributed by atoms with Gasteiger partial charge >= 0.3 is 0 Å². The van der Waals surface area contributed by atoms with E-state index in [1.165, 1.54) is 7.11 Å². The van der Waals surface area contributed by atoms with Gasteiger partial charge in [-0.3, -0.25) is 4.79 Å². The molecule has 1 heterocycles. The molecular weight excluding hydrogens is 308 g/mol. The van der Waals surface area contributed by atoms with Crippen LogP contribution >= 0.6 is 15.9 Å². The maximum Gasteiger partial charge on any atom is 0.259 e. The number of aromatic nitrogens is 1. The minimum atomic E-state index is -0.657. The van der Waals surface area contributed by atoms with Crippen LogP contribution in [0.15, 0.2) is 53.1 Å². The van der Waals surface area contributed by atoms with Gasteiger partial charge in [0.15, 0.2) is 6.10 Å². The van der Waals surface area contributed by atoms with Crippen molar-refractivity contribution in [1.29, 1.82) is 0 Å². The predicted molar refractivity (Wildman–Crippen MR) is 76.8 cm³/mol. The fourth-order valence-electron chi connectivity index (χ4n) is 1.68. The Balaban J connectivity index is 2.17. The standard InChI is InChI=1S/C14H13BrN2O2/c1-19-12(10-6-3-2-4-7-10)14(18)17-13-11(15)8-5-9-16-13/h2-9,12H,1H3,(H,16,17,18). The first-order valence-corrected chi connectivity index (χ1v) is 6.51. The summed E-state index contributed by atoms with van der Waals surface area (Å²) >= 11 is 3.33. The summed E-state index contributed by atoms with van der Waals surface area (Å²) in [6.45, 7) is 0. The summed E-state index contributed by atoms with van der Waals surface area (Å²) in [6, 6.07) is 12.9. The van der Waals surface area contributed by atoms with Crippen LogP contribution in [-0.2, 0) is 9.53 Å². The third-order valence-electron chi connectivity index (χ3n) is 2.58. The Morgan fingerprint density at radius 1 is 1.26 bits per heavy atom. The minimum absolute atomic E-state index is 0.256. The lowest BCUT2D eigenvalue weighted by Crippen LogP contribution is -2.23. The molecule has 98 valence electrons. The summed E-state index contributed by atoms with van der Waals surface area (Å²) in [5.74, 6) is 0.221. The molecule has 2 rings (SSSR count). The Morgan fingerprint density at radius 2 is 2.00 bits per heavy atom. The van der Waals surface area contributed by atoms with Crippen LogP contribution in [0.4, 0.5) is 5.82 Å². The van der Waals surface area contributed by atoms with Crippen LogP contribution in [0.1, 0.15) is 11.7 Å². The number of hydrogen-bond donors (Lipinski definition) is 1. The van der Waals surface area contributed by atoms with E-state index in [1.54, 1.807) is 12.3 Å². The number of halogens is 1. The molecule has 5 heteroatoms. The Kier molecular flexibility index (Phi) is 4.65. The second-order valence-electron chi connectivity index (χ2n) is 3.85. The molecule has 0 aliphatic rings. The first kappa shape index (κ1) is 13.7. The van der Waals surface area contributed by atoms with Crippen molar-refractivity contribution in [2.24, 2.45) is 0 Å². The summed E-state index contributed by atoms with van der Waals surface area (Å²) in [6.07, 6.45) is 0.958. The highest BCUT2D eigenvalue weighted by Crippen LogP contribution is 2.22. The number of carbonyl (C=O) groups excluding carboxylic acids is 1. The third kappa shape index (κ3) is 3.39. The zero-order chi connectivity index (χ0) is 13.7. The van der Waals surface area contributed by atoms with Crippen LogP contribution in [0.25, 0.3) is 0 Å². The molecular formula is C14H13BrN2O2. The maximum absolute atomic E-state index is 12.2. The molecule has 0 fully saturated rings. The minimum Gasteiger partial charge on any atom is -0.367 e. The number of pyridine rings is 1. The molecule has 1 aromatic heterocycles. The number of methoxy groups -OCH3 is 1. The Bertz CT molecular complexity index is 560. The quantitative estimate of drug-likeness (QED) is 0.941. The van der Waals surface area contributed by atoms with Crippen LogP contribution in [0.3, 0.4) is 0 Å². The molecule has 0 aliphatic carbocycles. The fraction of sp³-hybridized carbons (Fsp3) is 0.143. The lowest BCUT2D eigenvalue weighted by Gasteiger charge is -2.15.